The molecule has 0 spiro atoms. The molecule has 16 aromatic rings. The van der Waals surface area contributed by atoms with Crippen molar-refractivity contribution in [1.29, 1.82) is 0 Å². The summed E-state index contributed by atoms with van der Waals surface area (Å²) in [6.07, 6.45) is 1.93. The van der Waals surface area contributed by atoms with Gasteiger partial charge in [0, 0.05) is 103 Å². The molecule has 0 aliphatic heterocycles. The van der Waals surface area contributed by atoms with E-state index in [1.54, 1.807) is 11.3 Å². The van der Waals surface area contributed by atoms with Gasteiger partial charge in [0.15, 0.2) is 11.7 Å². The van der Waals surface area contributed by atoms with Gasteiger partial charge in [-0.3, -0.25) is 4.98 Å². The normalized spacial score (nSPS) is 10.4. The molecule has 4 heterocycles. The number of oxazole rings is 1. The van der Waals surface area contributed by atoms with Crippen molar-refractivity contribution in [3.63, 3.8) is 0 Å². The maximum absolute atomic E-state index is 6.06. The quantitative estimate of drug-likeness (QED) is 0.0900. The van der Waals surface area contributed by atoms with E-state index in [4.69, 9.17) is 14.4 Å². The van der Waals surface area contributed by atoms with Gasteiger partial charge < -0.3 is 13.6 Å². The minimum absolute atomic E-state index is 0. The second-order valence-electron chi connectivity index (χ2n) is 24.7. The van der Waals surface area contributed by atoms with Crippen molar-refractivity contribution in [2.75, 3.05) is 0 Å². The van der Waals surface area contributed by atoms with Crippen molar-refractivity contribution < 1.29 is 82.3 Å². The molecule has 0 bridgehead atoms. The Hall–Kier alpha value is -10.1. The monoisotopic (exact) mass is 1740 g/mol. The van der Waals surface area contributed by atoms with Crippen molar-refractivity contribution in [2.45, 2.75) is 20.8 Å². The summed E-state index contributed by atoms with van der Waals surface area (Å²) < 4.78 is 10.4. The van der Waals surface area contributed by atoms with Crippen LogP contribution in [0.3, 0.4) is 0 Å². The van der Waals surface area contributed by atoms with Crippen molar-refractivity contribution in [3.05, 3.63) is 389 Å². The molecule has 7 nitrogen and oxygen atoms in total. The molecule has 16 rings (SSSR count). The second kappa shape index (κ2) is 37.0. The fraction of sp³-hybridized carbons (Fsp3) is 0.0538. The SMILES string of the molecule is [CH2-]c1ccccc1-c1nc(C)c(-c2ccc(-c3ccccc3)cc2)n1C.[CH2-]c1ccccc1-c1nc(C)c(-c2ccc(-c3ccccc3)cc2)o1.[CH2-]c1ccccc1-c1nc(C)c(-c2ccc(-c3ccccc3)cc2)s1.[CH2-]c1ccccc1-c1ncc(-c2ccc(-c3ccccc3)cc2)n1C.[Rh].[Rh].[Rh].[Rh]. The molecule has 0 aliphatic rings. The predicted octanol–water partition coefficient (Wildman–Crippen LogP) is 24.3. The summed E-state index contributed by atoms with van der Waals surface area (Å²) in [6.45, 7) is 22.5. The average molecular weight is 1740 g/mol. The topological polar surface area (TPSA) is 74.6 Å². The number of imidazole rings is 2. The van der Waals surface area contributed by atoms with Crippen LogP contribution in [0.1, 0.15) is 39.3 Å². The Bertz CT molecular complexity index is 5140. The third kappa shape index (κ3) is 18.5. The third-order valence-corrected chi connectivity index (χ3v) is 19.2. The maximum Gasteiger partial charge on any atom is 0.170 e. The maximum atomic E-state index is 6.06. The van der Waals surface area contributed by atoms with E-state index in [1.165, 1.54) is 60.5 Å². The Morgan fingerprint density at radius 3 is 1.05 bits per heavy atom. The van der Waals surface area contributed by atoms with Crippen molar-refractivity contribution in [3.8, 4) is 134 Å². The first-order valence-electron chi connectivity index (χ1n) is 33.6. The van der Waals surface area contributed by atoms with Gasteiger partial charge in [-0.1, -0.05) is 265 Å². The molecule has 0 fully saturated rings. The molecule has 0 saturated heterocycles. The molecule has 12 aromatic carbocycles. The van der Waals surface area contributed by atoms with Crippen LogP contribution < -0.4 is 0 Å². The number of aryl methyl sites for hydroxylation is 3. The summed E-state index contributed by atoms with van der Waals surface area (Å²) >= 11 is 1.73. The fourth-order valence-corrected chi connectivity index (χ4v) is 13.6. The predicted molar refractivity (Wildman–Crippen MR) is 422 cm³/mol. The Labute approximate surface area is 673 Å². The van der Waals surface area contributed by atoms with Crippen LogP contribution in [0.15, 0.2) is 326 Å². The molecule has 0 amide bonds. The number of thiazole rings is 1. The Morgan fingerprint density at radius 1 is 0.295 bits per heavy atom. The largest absolute Gasteiger partial charge is 0.448 e. The fourth-order valence-electron chi connectivity index (χ4n) is 12.5. The van der Waals surface area contributed by atoms with E-state index in [2.05, 4.69) is 275 Å². The molecular weight excluding hydrogens is 1660 g/mol. The molecule has 0 aliphatic carbocycles. The minimum Gasteiger partial charge on any atom is -0.448 e. The second-order valence-corrected chi connectivity index (χ2v) is 25.7. The van der Waals surface area contributed by atoms with Crippen LogP contribution in [-0.4, -0.2) is 29.1 Å². The van der Waals surface area contributed by atoms with Crippen LogP contribution in [0.5, 0.6) is 0 Å². The number of benzene rings is 12. The molecule has 0 saturated carbocycles. The summed E-state index contributed by atoms with van der Waals surface area (Å²) in [5, 5.41) is 1.03. The molecule has 105 heavy (non-hydrogen) atoms. The summed E-state index contributed by atoms with van der Waals surface area (Å²) in [7, 11) is 4.12. The summed E-state index contributed by atoms with van der Waals surface area (Å²) in [6, 6.07) is 108. The first-order chi connectivity index (χ1) is 49.3. The summed E-state index contributed by atoms with van der Waals surface area (Å²) in [5.41, 5.74) is 27.6. The van der Waals surface area contributed by atoms with Crippen molar-refractivity contribution in [1.82, 2.24) is 29.1 Å². The van der Waals surface area contributed by atoms with Crippen LogP contribution in [0.2, 0.25) is 0 Å². The van der Waals surface area contributed by atoms with Gasteiger partial charge in [0.2, 0.25) is 0 Å². The first kappa shape index (κ1) is 79.0. The molecule has 0 atom stereocenters. The van der Waals surface area contributed by atoms with Gasteiger partial charge in [0.1, 0.15) is 0 Å². The minimum atomic E-state index is 0. The van der Waals surface area contributed by atoms with Crippen LogP contribution >= 0.6 is 11.3 Å². The molecule has 4 radical (unpaired) electrons. The van der Waals surface area contributed by atoms with Gasteiger partial charge in [0.25, 0.3) is 0 Å². The number of nitrogens with zero attached hydrogens (tertiary/aromatic N) is 6. The Kier molecular flexibility index (Phi) is 27.9. The smallest absolute Gasteiger partial charge is 0.170 e. The molecule has 0 N–H and O–H groups in total. The van der Waals surface area contributed by atoms with Crippen LogP contribution in [0.4, 0.5) is 0 Å². The van der Waals surface area contributed by atoms with Gasteiger partial charge in [-0.05, 0) is 76.4 Å². The standard InChI is InChI=1S/C24H21N2.C23H19N2.C23H18NO.C23H18NS.4Rh/c1-17-9-7-8-12-22(17)24-25-18(2)23(26(24)3)21-15-13-20(14-16-21)19-10-5-4-6-11-19;1-17-8-6-7-11-21(17)23-24-16-22(25(23)2)20-14-12-19(13-15-20)18-9-4-3-5-10-18;2*1-16-8-6-7-11-21(16)23-24-17(2)22(25-23)20-14-12-19(13-15-20)18-9-4-3-5-10-18;;;;/h4-16H,1H2,2-3H3;3-16H,1H2,2H3;2*3-15H,1H2,2H3;;;;/q4*-1;;;;. The van der Waals surface area contributed by atoms with E-state index in [-0.39, 0.29) is 77.9 Å². The van der Waals surface area contributed by atoms with Crippen LogP contribution in [-0.2, 0) is 92.0 Å². The molecule has 0 unspecified atom stereocenters. The summed E-state index contributed by atoms with van der Waals surface area (Å²) in [5.74, 6) is 3.31. The zero-order valence-electron chi connectivity index (χ0n) is 58.8. The van der Waals surface area contributed by atoms with E-state index in [9.17, 15) is 0 Å². The van der Waals surface area contributed by atoms with E-state index in [0.717, 1.165) is 107 Å². The van der Waals surface area contributed by atoms with Crippen LogP contribution in [0, 0.1) is 48.5 Å². The number of hydrogen-bond acceptors (Lipinski definition) is 6. The van der Waals surface area contributed by atoms with Gasteiger partial charge >= 0.3 is 0 Å². The van der Waals surface area contributed by atoms with Gasteiger partial charge in [-0.15, -0.1) is 59.9 Å². The Morgan fingerprint density at radius 2 is 0.629 bits per heavy atom. The van der Waals surface area contributed by atoms with Crippen LogP contribution in [0.25, 0.3) is 134 Å². The number of rotatable bonds is 12. The van der Waals surface area contributed by atoms with E-state index in [1.807, 2.05) is 128 Å². The van der Waals surface area contributed by atoms with Crippen molar-refractivity contribution in [2.24, 2.45) is 14.1 Å². The van der Waals surface area contributed by atoms with Gasteiger partial charge in [0.05, 0.1) is 56.2 Å². The Balaban J connectivity index is 0.000000160. The summed E-state index contributed by atoms with van der Waals surface area (Å²) in [4.78, 5) is 20.0. The van der Waals surface area contributed by atoms with E-state index in [0.29, 0.717) is 5.89 Å². The zero-order chi connectivity index (χ0) is 69.8. The first-order valence-corrected chi connectivity index (χ1v) is 34.4. The average Bonchev–Trinajstić information content (AvgIpc) is 1.65. The van der Waals surface area contributed by atoms with Gasteiger partial charge in [-0.2, -0.15) is 74.2 Å². The number of hydrogen-bond donors (Lipinski definition) is 0. The number of aromatic nitrogens is 6. The third-order valence-electron chi connectivity index (χ3n) is 17.9. The van der Waals surface area contributed by atoms with Gasteiger partial charge in [-0.25, -0.2) is 15.0 Å². The van der Waals surface area contributed by atoms with Crippen molar-refractivity contribution >= 4 is 11.3 Å². The van der Waals surface area contributed by atoms with E-state index < -0.39 is 0 Å². The molecule has 4 aromatic heterocycles. The molecule has 12 heteroatoms. The molecular formula is C93H76N6ORh4S-4. The van der Waals surface area contributed by atoms with E-state index >= 15 is 0 Å². The molecule has 530 valence electrons. The zero-order valence-corrected chi connectivity index (χ0v) is 66.1.